The number of nitrogens with one attached hydrogen (secondary N) is 1. The van der Waals surface area contributed by atoms with Gasteiger partial charge >= 0.3 is 5.97 Å². The van der Waals surface area contributed by atoms with E-state index in [1.807, 2.05) is 13.8 Å². The van der Waals surface area contributed by atoms with Crippen LogP contribution in [0.15, 0.2) is 34.9 Å². The molecule has 1 aromatic carbocycles. The Bertz CT molecular complexity index is 816. The predicted molar refractivity (Wildman–Crippen MR) is 95.4 cm³/mol. The third-order valence-corrected chi connectivity index (χ3v) is 4.79. The van der Waals surface area contributed by atoms with Crippen LogP contribution in [0.3, 0.4) is 0 Å². The first kappa shape index (κ1) is 19.1. The van der Waals surface area contributed by atoms with E-state index in [4.69, 9.17) is 9.26 Å². The summed E-state index contributed by atoms with van der Waals surface area (Å²) in [6.07, 6.45) is 0.563. The quantitative estimate of drug-likeness (QED) is 0.786. The summed E-state index contributed by atoms with van der Waals surface area (Å²) < 4.78 is 23.6. The van der Waals surface area contributed by atoms with Gasteiger partial charge in [-0.3, -0.25) is 9.59 Å². The lowest BCUT2D eigenvalue weighted by Crippen LogP contribution is -2.46. The number of hydrogen-bond donors (Lipinski definition) is 1. The molecule has 3 atom stereocenters. The summed E-state index contributed by atoms with van der Waals surface area (Å²) in [5.41, 5.74) is 1.08. The molecule has 2 heterocycles. The van der Waals surface area contributed by atoms with Gasteiger partial charge in [0.2, 0.25) is 0 Å². The van der Waals surface area contributed by atoms with Crippen LogP contribution in [0.25, 0.3) is 0 Å². The van der Waals surface area contributed by atoms with Gasteiger partial charge in [0.05, 0.1) is 12.0 Å². The Balaban J connectivity index is 1.66. The Morgan fingerprint density at radius 2 is 2.04 bits per heavy atom. The average molecular weight is 374 g/mol. The molecule has 144 valence electrons. The first-order chi connectivity index (χ1) is 12.8. The number of amides is 1. The van der Waals surface area contributed by atoms with Crippen LogP contribution in [0.1, 0.15) is 42.1 Å². The lowest BCUT2D eigenvalue weighted by molar-refractivity contribution is -0.145. The molecule has 7 heteroatoms. The third-order valence-electron chi connectivity index (χ3n) is 4.79. The van der Waals surface area contributed by atoms with Crippen molar-refractivity contribution in [3.8, 4) is 0 Å². The van der Waals surface area contributed by atoms with Crippen LogP contribution in [0.2, 0.25) is 0 Å². The lowest BCUT2D eigenvalue weighted by Gasteiger charge is -2.26. The monoisotopic (exact) mass is 374 g/mol. The molecule has 1 aliphatic rings. The van der Waals surface area contributed by atoms with Crippen molar-refractivity contribution in [3.05, 3.63) is 53.2 Å². The molecule has 1 N–H and O–H groups in total. The fourth-order valence-corrected chi connectivity index (χ4v) is 3.35. The molecular weight excluding hydrogens is 351 g/mol. The van der Waals surface area contributed by atoms with E-state index < -0.39 is 6.10 Å². The molecule has 1 saturated heterocycles. The van der Waals surface area contributed by atoms with Gasteiger partial charge in [-0.05, 0) is 37.0 Å². The number of ether oxygens (including phenoxy) is 1. The number of aryl methyl sites for hydroxylation is 1. The van der Waals surface area contributed by atoms with Crippen LogP contribution in [0.5, 0.6) is 0 Å². The maximum Gasteiger partial charge on any atom is 0.309 e. The van der Waals surface area contributed by atoms with Crippen molar-refractivity contribution in [2.45, 2.75) is 45.8 Å². The van der Waals surface area contributed by atoms with Crippen molar-refractivity contribution >= 4 is 11.9 Å². The third kappa shape index (κ3) is 4.53. The van der Waals surface area contributed by atoms with Gasteiger partial charge in [-0.2, -0.15) is 0 Å². The molecule has 1 aromatic heterocycles. The summed E-state index contributed by atoms with van der Waals surface area (Å²) >= 11 is 0. The summed E-state index contributed by atoms with van der Waals surface area (Å²) in [5.74, 6) is -0.661. The van der Waals surface area contributed by atoms with Gasteiger partial charge < -0.3 is 14.6 Å². The highest BCUT2D eigenvalue weighted by Gasteiger charge is 2.40. The number of nitrogens with zero attached hydrogens (tertiary/aromatic N) is 1. The van der Waals surface area contributed by atoms with E-state index in [9.17, 15) is 14.0 Å². The van der Waals surface area contributed by atoms with E-state index in [0.717, 1.165) is 5.56 Å². The number of benzene rings is 1. The molecule has 6 nitrogen and oxygen atoms in total. The molecule has 0 radical (unpaired) electrons. The van der Waals surface area contributed by atoms with Gasteiger partial charge in [0.15, 0.2) is 5.69 Å². The number of carbonyl (C=O) groups excluding carboxylic acids is 2. The molecular formula is C20H23FN2O4. The smallest absolute Gasteiger partial charge is 0.309 e. The van der Waals surface area contributed by atoms with Gasteiger partial charge in [-0.15, -0.1) is 0 Å². The highest BCUT2D eigenvalue weighted by molar-refractivity contribution is 5.92. The Morgan fingerprint density at radius 3 is 2.63 bits per heavy atom. The summed E-state index contributed by atoms with van der Waals surface area (Å²) in [7, 11) is 0. The van der Waals surface area contributed by atoms with Crippen molar-refractivity contribution in [2.24, 2.45) is 11.8 Å². The maximum absolute atomic E-state index is 13.1. The maximum atomic E-state index is 13.1. The molecule has 0 aliphatic carbocycles. The molecule has 0 saturated carbocycles. The minimum Gasteiger partial charge on any atom is -0.460 e. The van der Waals surface area contributed by atoms with Gasteiger partial charge in [0.25, 0.3) is 5.91 Å². The fraction of sp³-hybridized carbons (Fsp3) is 0.450. The number of cyclic esters (lactones) is 1. The van der Waals surface area contributed by atoms with Crippen LogP contribution in [0, 0.1) is 24.6 Å². The van der Waals surface area contributed by atoms with Crippen molar-refractivity contribution in [1.82, 2.24) is 10.5 Å². The topological polar surface area (TPSA) is 81.4 Å². The highest BCUT2D eigenvalue weighted by Crippen LogP contribution is 2.29. The Kier molecular flexibility index (Phi) is 5.58. The van der Waals surface area contributed by atoms with Crippen LogP contribution in [-0.4, -0.2) is 29.2 Å². The largest absolute Gasteiger partial charge is 0.460 e. The number of hydrogen-bond acceptors (Lipinski definition) is 5. The Morgan fingerprint density at radius 1 is 1.33 bits per heavy atom. The van der Waals surface area contributed by atoms with Crippen LogP contribution in [0.4, 0.5) is 4.39 Å². The average Bonchev–Trinajstić information content (AvgIpc) is 3.20. The Labute approximate surface area is 157 Å². The normalized spacial score (nSPS) is 20.6. The van der Waals surface area contributed by atoms with Crippen molar-refractivity contribution in [1.29, 1.82) is 0 Å². The molecule has 0 bridgehead atoms. The molecule has 1 amide bonds. The van der Waals surface area contributed by atoms with E-state index in [1.54, 1.807) is 25.1 Å². The summed E-state index contributed by atoms with van der Waals surface area (Å²) in [5, 5.41) is 6.63. The molecule has 1 fully saturated rings. The van der Waals surface area contributed by atoms with Gasteiger partial charge in [0, 0.05) is 12.5 Å². The minimum atomic E-state index is -0.417. The van der Waals surface area contributed by atoms with Crippen molar-refractivity contribution in [3.63, 3.8) is 0 Å². The second kappa shape index (κ2) is 7.90. The van der Waals surface area contributed by atoms with E-state index in [0.29, 0.717) is 18.6 Å². The zero-order chi connectivity index (χ0) is 19.6. The van der Waals surface area contributed by atoms with Gasteiger partial charge in [-0.25, -0.2) is 4.39 Å². The lowest BCUT2D eigenvalue weighted by atomic mass is 9.90. The molecule has 27 heavy (non-hydrogen) atoms. The predicted octanol–water partition coefficient (Wildman–Crippen LogP) is 3.05. The van der Waals surface area contributed by atoms with Crippen LogP contribution in [-0.2, 0) is 16.0 Å². The van der Waals surface area contributed by atoms with E-state index in [2.05, 4.69) is 10.5 Å². The molecule has 0 spiro atoms. The SMILES string of the molecule is Cc1cc(C(=O)N[C@@H](C(C)C)[C@@H]2C[C@@H](Cc3ccc(F)cc3)C(=O)O2)no1. The number of esters is 1. The van der Waals surface area contributed by atoms with Gasteiger partial charge in [0.1, 0.15) is 17.7 Å². The van der Waals surface area contributed by atoms with Crippen molar-refractivity contribution < 1.29 is 23.2 Å². The van der Waals surface area contributed by atoms with E-state index in [1.165, 1.54) is 12.1 Å². The molecule has 1 aliphatic heterocycles. The fourth-order valence-electron chi connectivity index (χ4n) is 3.35. The number of rotatable bonds is 6. The van der Waals surface area contributed by atoms with E-state index in [-0.39, 0.29) is 41.3 Å². The van der Waals surface area contributed by atoms with Gasteiger partial charge in [-0.1, -0.05) is 31.1 Å². The van der Waals surface area contributed by atoms with Crippen molar-refractivity contribution in [2.75, 3.05) is 0 Å². The van der Waals surface area contributed by atoms with E-state index >= 15 is 0 Å². The number of halogens is 1. The molecule has 2 aromatic rings. The molecule has 3 rings (SSSR count). The summed E-state index contributed by atoms with van der Waals surface area (Å²) in [6.45, 7) is 5.63. The molecule has 0 unspecified atom stereocenters. The highest BCUT2D eigenvalue weighted by atomic mass is 19.1. The first-order valence-corrected chi connectivity index (χ1v) is 9.02. The summed E-state index contributed by atoms with van der Waals surface area (Å²) in [4.78, 5) is 24.7. The minimum absolute atomic E-state index is 0.0596. The number of carbonyl (C=O) groups is 2. The second-order valence-corrected chi connectivity index (χ2v) is 7.30. The second-order valence-electron chi connectivity index (χ2n) is 7.30. The zero-order valence-corrected chi connectivity index (χ0v) is 15.6. The van der Waals surface area contributed by atoms with Crippen LogP contribution >= 0.6 is 0 Å². The zero-order valence-electron chi connectivity index (χ0n) is 15.6. The first-order valence-electron chi connectivity index (χ1n) is 9.02. The Hall–Kier alpha value is -2.70. The van der Waals surface area contributed by atoms with Crippen LogP contribution < -0.4 is 5.32 Å². The standard InChI is InChI=1S/C20H23FN2O4/c1-11(2)18(22-19(24)16-8-12(3)27-23-16)17-10-14(20(25)26-17)9-13-4-6-15(21)7-5-13/h4-8,11,14,17-18H,9-10H2,1-3H3,(H,22,24)/t14-,17+,18+/m1/s1. The number of aromatic nitrogens is 1. The summed E-state index contributed by atoms with van der Waals surface area (Å²) in [6, 6.07) is 7.32.